The molecule has 300 valence electrons. The van der Waals surface area contributed by atoms with Crippen molar-refractivity contribution >= 4 is 58.3 Å². The lowest BCUT2D eigenvalue weighted by atomic mass is 9.89. The Hall–Kier alpha value is -4.24. The van der Waals surface area contributed by atoms with E-state index in [0.29, 0.717) is 18.4 Å². The molecule has 0 heterocycles. The number of carbonyl (C=O) groups is 7. The number of esters is 4. The highest BCUT2D eigenvalue weighted by molar-refractivity contribution is 8.13. The van der Waals surface area contributed by atoms with Crippen LogP contribution in [0.5, 0.6) is 0 Å². The van der Waals surface area contributed by atoms with E-state index in [1.807, 2.05) is 34.6 Å². The molecule has 53 heavy (non-hydrogen) atoms. The number of benzene rings is 1. The van der Waals surface area contributed by atoms with Crippen molar-refractivity contribution in [3.05, 3.63) is 42.5 Å². The molecule has 14 nitrogen and oxygen atoms in total. The summed E-state index contributed by atoms with van der Waals surface area (Å²) in [5.41, 5.74) is -0.132. The van der Waals surface area contributed by atoms with Crippen molar-refractivity contribution in [2.24, 2.45) is 16.2 Å². The number of carboxylic acids is 1. The molecule has 15 heteroatoms. The topological polar surface area (TPSA) is 209 Å². The molecule has 1 aromatic rings. The van der Waals surface area contributed by atoms with Gasteiger partial charge in [0, 0.05) is 22.7 Å². The number of hydrogen-bond donors (Lipinski definition) is 3. The van der Waals surface area contributed by atoms with Crippen LogP contribution in [-0.4, -0.2) is 89.9 Å². The zero-order chi connectivity index (χ0) is 41.4. The van der Waals surface area contributed by atoms with Crippen molar-refractivity contribution in [3.63, 3.8) is 0 Å². The molecule has 1 atom stereocenters. The smallest absolute Gasteiger partial charge is 0.330 e. The summed E-state index contributed by atoms with van der Waals surface area (Å²) in [6.45, 7) is 19.4. The van der Waals surface area contributed by atoms with Gasteiger partial charge in [-0.05, 0) is 77.5 Å². The average Bonchev–Trinajstić information content (AvgIpc) is 3.13. The molecule has 0 aliphatic rings. The molecule has 1 aromatic carbocycles. The minimum atomic E-state index is -1.05. The van der Waals surface area contributed by atoms with Crippen molar-refractivity contribution in [1.29, 1.82) is 0 Å². The zero-order valence-corrected chi connectivity index (χ0v) is 33.6. The van der Waals surface area contributed by atoms with Crippen LogP contribution in [0, 0.1) is 16.2 Å². The van der Waals surface area contributed by atoms with Crippen LogP contribution in [0.15, 0.2) is 36.9 Å². The van der Waals surface area contributed by atoms with Gasteiger partial charge in [-0.25, -0.2) is 4.79 Å². The highest BCUT2D eigenvalue weighted by atomic mass is 32.2. The van der Waals surface area contributed by atoms with Crippen molar-refractivity contribution in [3.8, 4) is 0 Å². The molecule has 0 saturated heterocycles. The van der Waals surface area contributed by atoms with Crippen LogP contribution in [0.4, 0.5) is 5.69 Å². The number of rotatable bonds is 19. The third kappa shape index (κ3) is 22.4. The van der Waals surface area contributed by atoms with Gasteiger partial charge in [-0.1, -0.05) is 53.0 Å². The zero-order valence-electron chi connectivity index (χ0n) is 32.8. The Balaban J connectivity index is 0. The van der Waals surface area contributed by atoms with Gasteiger partial charge in [0.25, 0.3) is 0 Å². The van der Waals surface area contributed by atoms with E-state index < -0.39 is 34.8 Å². The molecule has 0 spiro atoms. The highest BCUT2D eigenvalue weighted by Crippen LogP contribution is 2.24. The predicted octanol–water partition coefficient (Wildman–Crippen LogP) is 5.99. The van der Waals surface area contributed by atoms with E-state index in [1.165, 1.54) is 11.8 Å². The maximum Gasteiger partial charge on any atom is 0.330 e. The largest absolute Gasteiger partial charge is 0.481 e. The van der Waals surface area contributed by atoms with Crippen LogP contribution in [0.3, 0.4) is 0 Å². The van der Waals surface area contributed by atoms with E-state index >= 15 is 0 Å². The van der Waals surface area contributed by atoms with E-state index in [1.54, 1.807) is 58.2 Å². The Labute approximate surface area is 317 Å². The fourth-order valence-electron chi connectivity index (χ4n) is 2.98. The lowest BCUT2D eigenvalue weighted by Crippen LogP contribution is -2.31. The minimum absolute atomic E-state index is 0.00561. The third-order valence-electron chi connectivity index (χ3n) is 8.05. The van der Waals surface area contributed by atoms with Crippen molar-refractivity contribution < 1.29 is 62.7 Å². The number of carbonyl (C=O) groups excluding carboxylic acids is 6. The van der Waals surface area contributed by atoms with Gasteiger partial charge in [0.05, 0.1) is 23.7 Å². The van der Waals surface area contributed by atoms with Crippen molar-refractivity contribution in [1.82, 2.24) is 0 Å². The summed E-state index contributed by atoms with van der Waals surface area (Å²) in [5.74, 6) is -3.01. The van der Waals surface area contributed by atoms with Crippen LogP contribution in [-0.2, 0) is 47.7 Å². The Bertz CT molecular complexity index is 1350. The molecule has 0 radical (unpaired) electrons. The van der Waals surface area contributed by atoms with Gasteiger partial charge in [-0.15, -0.1) is 0 Å². The molecule has 1 rings (SSSR count). The number of aliphatic hydroxyl groups is 1. The second-order valence-electron chi connectivity index (χ2n) is 13.6. The van der Waals surface area contributed by atoms with E-state index in [0.717, 1.165) is 18.2 Å². The number of amides is 1. The average molecular weight is 770 g/mol. The fraction of sp³-hybridized carbons (Fsp3) is 0.605. The maximum atomic E-state index is 12.0. The lowest BCUT2D eigenvalue weighted by molar-refractivity contribution is -0.159. The molecule has 0 aliphatic carbocycles. The number of aliphatic carboxylic acids is 1. The quantitative estimate of drug-likeness (QED) is 0.0639. The van der Waals surface area contributed by atoms with E-state index in [4.69, 9.17) is 19.3 Å². The van der Waals surface area contributed by atoms with Gasteiger partial charge in [0.2, 0.25) is 11.0 Å². The number of aliphatic hydroxyl groups excluding tert-OH is 1. The SMILES string of the molecule is C=CC(=O)OCC(O)COC(=O)C(C)(C)CC.CCC(C)(C)C(=O)Nc1ccc(C(=O)SC)cc1.CCC(C)(C)C(=O)OCCOC(=O)CCC(=O)O. The fourth-order valence-corrected chi connectivity index (χ4v) is 3.35. The molecule has 0 aliphatic heterocycles. The standard InChI is InChI=1S/C14H19NO2S.C12H20O6.C12H20O5/c1-5-14(2,3)13(17)15-11-8-6-10(7-9-11)12(16)18-4;1-4-12(2,3)11(16)18-8-7-17-10(15)6-5-9(13)14;1-5-10(14)16-7-9(13)8-17-11(15)12(3,4)6-2/h6-9H,5H2,1-4H3,(H,15,17);4-8H2,1-3H3,(H,13,14);5,9,13H,1,6-8H2,2-4H3. The lowest BCUT2D eigenvalue weighted by Gasteiger charge is -2.21. The number of nitrogens with one attached hydrogen (secondary N) is 1. The molecule has 0 fully saturated rings. The molecule has 0 bridgehead atoms. The monoisotopic (exact) mass is 769 g/mol. The summed E-state index contributed by atoms with van der Waals surface area (Å²) >= 11 is 1.18. The molecule has 1 unspecified atom stereocenters. The Morgan fingerprint density at radius 2 is 1.23 bits per heavy atom. The molecular formula is C38H59NO13S. The number of hydrogen-bond acceptors (Lipinski definition) is 13. The third-order valence-corrected chi connectivity index (χ3v) is 8.66. The van der Waals surface area contributed by atoms with Crippen LogP contribution < -0.4 is 5.32 Å². The van der Waals surface area contributed by atoms with Crippen molar-refractivity contribution in [2.45, 2.75) is 101 Å². The molecule has 3 N–H and O–H groups in total. The molecular weight excluding hydrogens is 710 g/mol. The normalized spacial score (nSPS) is 11.5. The van der Waals surface area contributed by atoms with Gasteiger partial charge in [-0.3, -0.25) is 28.8 Å². The molecule has 0 saturated carbocycles. The van der Waals surface area contributed by atoms with E-state index in [-0.39, 0.29) is 67.6 Å². The Morgan fingerprint density at radius 3 is 1.68 bits per heavy atom. The second kappa shape index (κ2) is 25.7. The van der Waals surface area contributed by atoms with E-state index in [9.17, 15) is 38.7 Å². The maximum absolute atomic E-state index is 12.0. The highest BCUT2D eigenvalue weighted by Gasteiger charge is 2.28. The van der Waals surface area contributed by atoms with Gasteiger partial charge < -0.3 is 34.5 Å². The number of ether oxygens (including phenoxy) is 4. The summed E-state index contributed by atoms with van der Waals surface area (Å²) in [6, 6.07) is 6.97. The first kappa shape index (κ1) is 50.9. The predicted molar refractivity (Wildman–Crippen MR) is 202 cm³/mol. The van der Waals surface area contributed by atoms with Crippen LogP contribution in [0.25, 0.3) is 0 Å². The van der Waals surface area contributed by atoms with Crippen LogP contribution in [0.1, 0.15) is 105 Å². The molecule has 1 amide bonds. The van der Waals surface area contributed by atoms with Gasteiger partial charge in [0.1, 0.15) is 32.5 Å². The number of carboxylic acid groups (broad SMARTS) is 1. The van der Waals surface area contributed by atoms with Crippen LogP contribution >= 0.6 is 11.8 Å². The van der Waals surface area contributed by atoms with Gasteiger partial charge >= 0.3 is 29.8 Å². The van der Waals surface area contributed by atoms with Gasteiger partial charge in [0.15, 0.2) is 0 Å². The summed E-state index contributed by atoms with van der Waals surface area (Å²) in [4.78, 5) is 78.3. The number of thioether (sulfide) groups is 1. The summed E-state index contributed by atoms with van der Waals surface area (Å²) in [5, 5.41) is 20.6. The van der Waals surface area contributed by atoms with Crippen LogP contribution in [0.2, 0.25) is 0 Å². The first-order valence-electron chi connectivity index (χ1n) is 17.2. The summed E-state index contributed by atoms with van der Waals surface area (Å²) in [6.07, 6.45) is 3.38. The number of anilines is 1. The Morgan fingerprint density at radius 1 is 0.755 bits per heavy atom. The first-order chi connectivity index (χ1) is 24.5. The van der Waals surface area contributed by atoms with Gasteiger partial charge in [-0.2, -0.15) is 0 Å². The summed E-state index contributed by atoms with van der Waals surface area (Å²) in [7, 11) is 0. The van der Waals surface area contributed by atoms with Crippen molar-refractivity contribution in [2.75, 3.05) is 38.0 Å². The van der Waals surface area contributed by atoms with E-state index in [2.05, 4.69) is 16.6 Å². The summed E-state index contributed by atoms with van der Waals surface area (Å²) < 4.78 is 19.2. The second-order valence-corrected chi connectivity index (χ2v) is 14.4. The minimum Gasteiger partial charge on any atom is -0.481 e. The first-order valence-corrected chi connectivity index (χ1v) is 18.4. The Kier molecular flexibility index (Phi) is 24.7. The molecule has 0 aromatic heterocycles.